The van der Waals surface area contributed by atoms with Crippen LogP contribution in [0.5, 0.6) is 0 Å². The van der Waals surface area contributed by atoms with Crippen molar-refractivity contribution < 1.29 is 0 Å². The quantitative estimate of drug-likeness (QED) is 0.163. The maximum absolute atomic E-state index is 2.43. The molecule has 144 valence electrons. The summed E-state index contributed by atoms with van der Waals surface area (Å²) in [5.41, 5.74) is 0. The molecule has 0 rings (SSSR count). The summed E-state index contributed by atoms with van der Waals surface area (Å²) in [7, 11) is 0. The van der Waals surface area contributed by atoms with Crippen LogP contribution in [0.25, 0.3) is 0 Å². The van der Waals surface area contributed by atoms with Crippen molar-refractivity contribution in [1.29, 1.82) is 0 Å². The SMILES string of the molecule is CCCCCCCCCCCCCC/C=C/CCCCCC(C)C. The third-order valence-electron chi connectivity index (χ3n) is 5.04. The fourth-order valence-electron chi connectivity index (χ4n) is 3.33. The van der Waals surface area contributed by atoms with Gasteiger partial charge in [0.15, 0.2) is 0 Å². The van der Waals surface area contributed by atoms with Gasteiger partial charge in [-0.05, 0) is 31.6 Å². The maximum atomic E-state index is 2.43. The fourth-order valence-corrected chi connectivity index (χ4v) is 3.33. The molecule has 0 heterocycles. The van der Waals surface area contributed by atoms with E-state index in [4.69, 9.17) is 0 Å². The average Bonchev–Trinajstić information content (AvgIpc) is 2.56. The van der Waals surface area contributed by atoms with Crippen LogP contribution in [0.2, 0.25) is 0 Å². The van der Waals surface area contributed by atoms with Gasteiger partial charge in [0, 0.05) is 0 Å². The molecule has 0 saturated carbocycles. The van der Waals surface area contributed by atoms with Gasteiger partial charge in [-0.15, -0.1) is 0 Å². The molecule has 0 aliphatic rings. The summed E-state index contributed by atoms with van der Waals surface area (Å²) in [6.45, 7) is 6.95. The first kappa shape index (κ1) is 23.7. The Morgan fingerprint density at radius 1 is 0.500 bits per heavy atom. The molecule has 0 saturated heterocycles. The van der Waals surface area contributed by atoms with Crippen molar-refractivity contribution in [3.63, 3.8) is 0 Å². The Bertz CT molecular complexity index is 238. The molecule has 0 atom stereocenters. The van der Waals surface area contributed by atoms with E-state index in [9.17, 15) is 0 Å². The van der Waals surface area contributed by atoms with Crippen molar-refractivity contribution in [3.05, 3.63) is 12.2 Å². The minimum atomic E-state index is 0.881. The molecule has 0 N–H and O–H groups in total. The lowest BCUT2D eigenvalue weighted by atomic mass is 10.0. The van der Waals surface area contributed by atoms with Gasteiger partial charge in [0.25, 0.3) is 0 Å². The van der Waals surface area contributed by atoms with Crippen LogP contribution in [0.3, 0.4) is 0 Å². The van der Waals surface area contributed by atoms with Crippen LogP contribution >= 0.6 is 0 Å². The van der Waals surface area contributed by atoms with E-state index >= 15 is 0 Å². The van der Waals surface area contributed by atoms with Gasteiger partial charge in [0.1, 0.15) is 0 Å². The fraction of sp³-hybridized carbons (Fsp3) is 0.917. The number of hydrogen-bond donors (Lipinski definition) is 0. The summed E-state index contributed by atoms with van der Waals surface area (Å²) in [5.74, 6) is 0.881. The molecule has 0 bridgehead atoms. The second-order valence-corrected chi connectivity index (χ2v) is 8.18. The van der Waals surface area contributed by atoms with E-state index in [1.165, 1.54) is 116 Å². The molecule has 24 heavy (non-hydrogen) atoms. The number of hydrogen-bond acceptors (Lipinski definition) is 0. The number of rotatable bonds is 19. The summed E-state index contributed by atoms with van der Waals surface area (Å²) in [6.07, 6.45) is 30.5. The van der Waals surface area contributed by atoms with Gasteiger partial charge in [-0.2, -0.15) is 0 Å². The Morgan fingerprint density at radius 2 is 0.875 bits per heavy atom. The normalized spacial score (nSPS) is 11.8. The molecule has 0 aliphatic carbocycles. The third kappa shape index (κ3) is 21.7. The highest BCUT2D eigenvalue weighted by atomic mass is 14.0. The van der Waals surface area contributed by atoms with Crippen LogP contribution in [0.1, 0.15) is 136 Å². The summed E-state index contributed by atoms with van der Waals surface area (Å²) in [4.78, 5) is 0. The Kier molecular flexibility index (Phi) is 20.6. The van der Waals surface area contributed by atoms with Crippen LogP contribution in [0, 0.1) is 5.92 Å². The molecular formula is C24H48. The first-order chi connectivity index (χ1) is 11.8. The summed E-state index contributed by atoms with van der Waals surface area (Å²) >= 11 is 0. The average molecular weight is 337 g/mol. The summed E-state index contributed by atoms with van der Waals surface area (Å²) in [6, 6.07) is 0. The van der Waals surface area contributed by atoms with Gasteiger partial charge in [-0.3, -0.25) is 0 Å². The van der Waals surface area contributed by atoms with Gasteiger partial charge in [-0.1, -0.05) is 123 Å². The molecule has 0 heteroatoms. The van der Waals surface area contributed by atoms with Gasteiger partial charge < -0.3 is 0 Å². The Morgan fingerprint density at radius 3 is 1.29 bits per heavy atom. The van der Waals surface area contributed by atoms with Crippen molar-refractivity contribution in [1.82, 2.24) is 0 Å². The van der Waals surface area contributed by atoms with Crippen molar-refractivity contribution >= 4 is 0 Å². The molecular weight excluding hydrogens is 288 g/mol. The lowest BCUT2D eigenvalue weighted by Gasteiger charge is -2.03. The van der Waals surface area contributed by atoms with Crippen LogP contribution in [-0.4, -0.2) is 0 Å². The van der Waals surface area contributed by atoms with Crippen LogP contribution in [-0.2, 0) is 0 Å². The molecule has 0 spiro atoms. The molecule has 0 nitrogen and oxygen atoms in total. The zero-order valence-corrected chi connectivity index (χ0v) is 17.5. The van der Waals surface area contributed by atoms with Gasteiger partial charge >= 0.3 is 0 Å². The zero-order chi connectivity index (χ0) is 17.7. The van der Waals surface area contributed by atoms with Crippen LogP contribution < -0.4 is 0 Å². The monoisotopic (exact) mass is 336 g/mol. The largest absolute Gasteiger partial charge is 0.0885 e. The first-order valence-corrected chi connectivity index (χ1v) is 11.4. The van der Waals surface area contributed by atoms with Crippen molar-refractivity contribution in [2.75, 3.05) is 0 Å². The second-order valence-electron chi connectivity index (χ2n) is 8.18. The molecule has 0 aromatic rings. The minimum absolute atomic E-state index is 0.881. The smallest absolute Gasteiger partial charge is 0.0351 e. The molecule has 0 aliphatic heterocycles. The lowest BCUT2D eigenvalue weighted by molar-refractivity contribution is 0.528. The summed E-state index contributed by atoms with van der Waals surface area (Å²) in [5, 5.41) is 0. The van der Waals surface area contributed by atoms with E-state index in [2.05, 4.69) is 32.9 Å². The summed E-state index contributed by atoms with van der Waals surface area (Å²) < 4.78 is 0. The van der Waals surface area contributed by atoms with Gasteiger partial charge in [-0.25, -0.2) is 0 Å². The van der Waals surface area contributed by atoms with Crippen molar-refractivity contribution in [2.45, 2.75) is 136 Å². The van der Waals surface area contributed by atoms with Crippen LogP contribution in [0.15, 0.2) is 12.2 Å². The first-order valence-electron chi connectivity index (χ1n) is 11.4. The molecule has 0 amide bonds. The van der Waals surface area contributed by atoms with Gasteiger partial charge in [0.2, 0.25) is 0 Å². The molecule has 0 unspecified atom stereocenters. The standard InChI is InChI=1S/C24H48/c1-4-5-6-7-8-9-10-11-12-13-14-15-16-17-18-19-20-21-22-23-24(2)3/h17-18,24H,4-16,19-23H2,1-3H3/b18-17+. The highest BCUT2D eigenvalue weighted by Gasteiger charge is 1.94. The highest BCUT2D eigenvalue weighted by molar-refractivity contribution is 4.81. The molecule has 0 radical (unpaired) electrons. The zero-order valence-electron chi connectivity index (χ0n) is 17.5. The maximum Gasteiger partial charge on any atom is -0.0351 e. The van der Waals surface area contributed by atoms with Crippen LogP contribution in [0.4, 0.5) is 0 Å². The van der Waals surface area contributed by atoms with E-state index < -0.39 is 0 Å². The van der Waals surface area contributed by atoms with Crippen molar-refractivity contribution in [2.24, 2.45) is 5.92 Å². The van der Waals surface area contributed by atoms with E-state index in [-0.39, 0.29) is 0 Å². The lowest BCUT2D eigenvalue weighted by Crippen LogP contribution is -1.86. The van der Waals surface area contributed by atoms with E-state index in [1.807, 2.05) is 0 Å². The van der Waals surface area contributed by atoms with E-state index in [0.717, 1.165) is 5.92 Å². The third-order valence-corrected chi connectivity index (χ3v) is 5.04. The molecule has 0 aromatic carbocycles. The molecule has 0 fully saturated rings. The van der Waals surface area contributed by atoms with E-state index in [0.29, 0.717) is 0 Å². The van der Waals surface area contributed by atoms with Gasteiger partial charge in [0.05, 0.1) is 0 Å². The Balaban J connectivity index is 3.05. The topological polar surface area (TPSA) is 0 Å². The molecule has 0 aromatic heterocycles. The Hall–Kier alpha value is -0.260. The predicted octanol–water partition coefficient (Wildman–Crippen LogP) is 9.24. The number of allylic oxidation sites excluding steroid dienone is 2. The number of unbranched alkanes of at least 4 members (excludes halogenated alkanes) is 15. The van der Waals surface area contributed by atoms with E-state index in [1.54, 1.807) is 0 Å². The van der Waals surface area contributed by atoms with Crippen molar-refractivity contribution in [3.8, 4) is 0 Å². The minimum Gasteiger partial charge on any atom is -0.0885 e. The predicted molar refractivity (Wildman–Crippen MR) is 113 cm³/mol. The Labute approximate surface area is 154 Å². The highest BCUT2D eigenvalue weighted by Crippen LogP contribution is 2.13. The second kappa shape index (κ2) is 20.8.